The Morgan fingerprint density at radius 3 is 2.58 bits per heavy atom. The van der Waals surface area contributed by atoms with Crippen LogP contribution in [0.25, 0.3) is 0 Å². The van der Waals surface area contributed by atoms with Gasteiger partial charge in [-0.2, -0.15) is 13.2 Å². The first-order valence-electron chi connectivity index (χ1n) is 3.89. The fourth-order valence-corrected chi connectivity index (χ4v) is 1.34. The Balaban J connectivity index is 2.31. The number of alkyl halides is 3. The summed E-state index contributed by atoms with van der Waals surface area (Å²) in [5.74, 6) is 0. The fourth-order valence-electron chi connectivity index (χ4n) is 1.34. The van der Waals surface area contributed by atoms with Crippen molar-refractivity contribution in [2.45, 2.75) is 18.6 Å². The van der Waals surface area contributed by atoms with Crippen LogP contribution in [0, 0.1) is 0 Å². The third kappa shape index (κ3) is 2.98. The van der Waals surface area contributed by atoms with Crippen LogP contribution in [0.1, 0.15) is 6.42 Å². The van der Waals surface area contributed by atoms with Crippen molar-refractivity contribution in [3.63, 3.8) is 0 Å². The predicted octanol–water partition coefficient (Wildman–Crippen LogP) is 0.857. The smallest absolute Gasteiger partial charge is 0.294 e. The Bertz CT molecular complexity index is 140. The lowest BCUT2D eigenvalue weighted by Gasteiger charge is -2.23. The highest BCUT2D eigenvalue weighted by Crippen LogP contribution is 2.18. The Morgan fingerprint density at radius 2 is 2.17 bits per heavy atom. The largest absolute Gasteiger partial charge is 0.401 e. The van der Waals surface area contributed by atoms with E-state index in [9.17, 15) is 13.2 Å². The number of hydrogen-bond donors (Lipinski definition) is 0. The third-order valence-corrected chi connectivity index (χ3v) is 2.01. The number of hydrogen-bond acceptors (Lipinski definition) is 1. The van der Waals surface area contributed by atoms with Crippen molar-refractivity contribution in [3.05, 3.63) is 0 Å². The molecular formula is C7H12F3N2. The molecule has 0 amide bonds. The summed E-state index contributed by atoms with van der Waals surface area (Å²) >= 11 is 0. The molecule has 1 radical (unpaired) electrons. The van der Waals surface area contributed by atoms with E-state index >= 15 is 0 Å². The molecule has 12 heavy (non-hydrogen) atoms. The lowest BCUT2D eigenvalue weighted by atomic mass is 10.2. The summed E-state index contributed by atoms with van der Waals surface area (Å²) < 4.78 is 35.7. The van der Waals surface area contributed by atoms with E-state index < -0.39 is 12.7 Å². The predicted molar refractivity (Wildman–Crippen MR) is 39.0 cm³/mol. The average molecular weight is 181 g/mol. The van der Waals surface area contributed by atoms with Gasteiger partial charge in [-0.3, -0.25) is 4.90 Å². The second-order valence-corrected chi connectivity index (χ2v) is 3.10. The maximum atomic E-state index is 11.9. The van der Waals surface area contributed by atoms with Gasteiger partial charge in [0.1, 0.15) is 0 Å². The van der Waals surface area contributed by atoms with E-state index in [0.717, 1.165) is 6.42 Å². The second-order valence-electron chi connectivity index (χ2n) is 3.10. The standard InChI is InChI=1S/C7H12F3N2/c1-12(5-7(8,9)10)6-2-3-11-4-6/h6H,2-5H2,1H3. The van der Waals surface area contributed by atoms with Gasteiger partial charge in [-0.05, 0) is 13.5 Å². The van der Waals surface area contributed by atoms with Gasteiger partial charge < -0.3 is 0 Å². The molecule has 0 aromatic carbocycles. The molecule has 1 rings (SSSR count). The Morgan fingerprint density at radius 1 is 1.50 bits per heavy atom. The number of nitrogens with zero attached hydrogens (tertiary/aromatic N) is 2. The summed E-state index contributed by atoms with van der Waals surface area (Å²) in [4.78, 5) is 1.33. The minimum absolute atomic E-state index is 0.00775. The summed E-state index contributed by atoms with van der Waals surface area (Å²) in [5, 5.41) is 4.01. The van der Waals surface area contributed by atoms with Gasteiger partial charge in [0.2, 0.25) is 0 Å². The maximum absolute atomic E-state index is 11.9. The van der Waals surface area contributed by atoms with Crippen LogP contribution in [-0.4, -0.2) is 43.8 Å². The lowest BCUT2D eigenvalue weighted by molar-refractivity contribution is -0.146. The summed E-state index contributed by atoms with van der Waals surface area (Å²) in [6.45, 7) is 0.423. The second kappa shape index (κ2) is 3.62. The minimum Gasteiger partial charge on any atom is -0.294 e. The highest BCUT2D eigenvalue weighted by atomic mass is 19.4. The molecular weight excluding hydrogens is 169 g/mol. The molecule has 0 bridgehead atoms. The molecule has 1 aliphatic heterocycles. The van der Waals surface area contributed by atoms with E-state index in [1.54, 1.807) is 0 Å². The van der Waals surface area contributed by atoms with Crippen molar-refractivity contribution in [2.75, 3.05) is 26.7 Å². The molecule has 0 saturated carbocycles. The molecule has 1 heterocycles. The first kappa shape index (κ1) is 9.80. The molecule has 1 saturated heterocycles. The first-order valence-corrected chi connectivity index (χ1v) is 3.89. The van der Waals surface area contributed by atoms with Gasteiger partial charge in [-0.25, -0.2) is 5.32 Å². The summed E-state index contributed by atoms with van der Waals surface area (Å²) in [6, 6.07) is -0.00775. The van der Waals surface area contributed by atoms with Crippen molar-refractivity contribution >= 4 is 0 Å². The monoisotopic (exact) mass is 181 g/mol. The molecule has 5 heteroatoms. The van der Waals surface area contributed by atoms with Crippen LogP contribution < -0.4 is 5.32 Å². The van der Waals surface area contributed by atoms with Gasteiger partial charge in [-0.1, -0.05) is 0 Å². The number of likely N-dealkylation sites (N-methyl/N-ethyl adjacent to an activating group) is 1. The normalized spacial score (nSPS) is 25.2. The number of halogens is 3. The first-order chi connectivity index (χ1) is 5.49. The molecule has 71 valence electrons. The van der Waals surface area contributed by atoms with Crippen LogP contribution >= 0.6 is 0 Å². The number of rotatable bonds is 2. The zero-order chi connectivity index (χ0) is 9.19. The maximum Gasteiger partial charge on any atom is 0.401 e. The average Bonchev–Trinajstić information content (AvgIpc) is 2.32. The Hall–Kier alpha value is -0.290. The van der Waals surface area contributed by atoms with Crippen molar-refractivity contribution in [1.82, 2.24) is 10.2 Å². The molecule has 1 aliphatic rings. The van der Waals surface area contributed by atoms with Gasteiger partial charge in [0, 0.05) is 19.1 Å². The Kier molecular flexibility index (Phi) is 2.95. The molecule has 0 aliphatic carbocycles. The topological polar surface area (TPSA) is 17.3 Å². The van der Waals surface area contributed by atoms with Crippen LogP contribution in [0.15, 0.2) is 0 Å². The molecule has 1 unspecified atom stereocenters. The van der Waals surface area contributed by atoms with Crippen LogP contribution in [0.3, 0.4) is 0 Å². The van der Waals surface area contributed by atoms with Crippen LogP contribution in [0.2, 0.25) is 0 Å². The molecule has 0 spiro atoms. The molecule has 0 aromatic heterocycles. The van der Waals surface area contributed by atoms with Crippen LogP contribution in [0.5, 0.6) is 0 Å². The highest BCUT2D eigenvalue weighted by molar-refractivity contribution is 4.79. The summed E-state index contributed by atoms with van der Waals surface area (Å²) in [6.07, 6.45) is -3.33. The van der Waals surface area contributed by atoms with E-state index in [1.807, 2.05) is 0 Å². The van der Waals surface area contributed by atoms with Crippen LogP contribution in [-0.2, 0) is 0 Å². The van der Waals surface area contributed by atoms with E-state index in [4.69, 9.17) is 0 Å². The molecule has 2 nitrogen and oxygen atoms in total. The highest BCUT2D eigenvalue weighted by Gasteiger charge is 2.32. The zero-order valence-electron chi connectivity index (χ0n) is 6.93. The summed E-state index contributed by atoms with van der Waals surface area (Å²) in [7, 11) is 1.50. The van der Waals surface area contributed by atoms with E-state index in [-0.39, 0.29) is 6.04 Å². The lowest BCUT2D eigenvalue weighted by Crippen LogP contribution is -2.39. The van der Waals surface area contributed by atoms with Gasteiger partial charge in [-0.15, -0.1) is 0 Å². The summed E-state index contributed by atoms with van der Waals surface area (Å²) in [5.41, 5.74) is 0. The van der Waals surface area contributed by atoms with Crippen molar-refractivity contribution < 1.29 is 13.2 Å². The SMILES string of the molecule is CN(CC(F)(F)F)C1CC[N]C1. The quantitative estimate of drug-likeness (QED) is 0.617. The van der Waals surface area contributed by atoms with Crippen molar-refractivity contribution in [1.29, 1.82) is 0 Å². The molecule has 0 aromatic rings. The van der Waals surface area contributed by atoms with E-state index in [2.05, 4.69) is 5.32 Å². The fraction of sp³-hybridized carbons (Fsp3) is 1.00. The molecule has 1 atom stereocenters. The van der Waals surface area contributed by atoms with Crippen LogP contribution in [0.4, 0.5) is 13.2 Å². The van der Waals surface area contributed by atoms with Crippen molar-refractivity contribution in [3.8, 4) is 0 Å². The van der Waals surface area contributed by atoms with E-state index in [0.29, 0.717) is 13.1 Å². The zero-order valence-corrected chi connectivity index (χ0v) is 6.93. The minimum atomic E-state index is -4.09. The molecule has 1 fully saturated rings. The van der Waals surface area contributed by atoms with Crippen molar-refractivity contribution in [2.24, 2.45) is 0 Å². The van der Waals surface area contributed by atoms with Gasteiger partial charge in [0.05, 0.1) is 6.54 Å². The third-order valence-electron chi connectivity index (χ3n) is 2.01. The van der Waals surface area contributed by atoms with E-state index in [1.165, 1.54) is 11.9 Å². The van der Waals surface area contributed by atoms with Gasteiger partial charge >= 0.3 is 6.18 Å². The van der Waals surface area contributed by atoms with Gasteiger partial charge in [0.15, 0.2) is 0 Å². The van der Waals surface area contributed by atoms with Gasteiger partial charge in [0.25, 0.3) is 0 Å². The Labute approximate surface area is 69.7 Å². The molecule has 0 N–H and O–H groups in total.